The molecule has 0 spiro atoms. The molecule has 0 amide bonds. The van der Waals surface area contributed by atoms with E-state index in [2.05, 4.69) is 4.98 Å². The summed E-state index contributed by atoms with van der Waals surface area (Å²) in [6.07, 6.45) is 0. The van der Waals surface area contributed by atoms with Crippen molar-refractivity contribution in [1.29, 1.82) is 0 Å². The fraction of sp³-hybridized carbons (Fsp3) is 0.0667. The molecule has 106 valence electrons. The second-order valence-electron chi connectivity index (χ2n) is 4.40. The number of benzene rings is 2. The molecular weight excluding hydrogens is 288 g/mol. The zero-order chi connectivity index (χ0) is 15.0. The Morgan fingerprint density at radius 2 is 2.05 bits per heavy atom. The van der Waals surface area contributed by atoms with Gasteiger partial charge in [-0.3, -0.25) is 0 Å². The number of nitrogen functional groups attached to an aromatic ring is 1. The Bertz CT molecular complexity index is 842. The number of nitrogens with zero attached hydrogens (tertiary/aromatic N) is 1. The number of hydrogen-bond donors (Lipinski definition) is 2. The van der Waals surface area contributed by atoms with Crippen LogP contribution in [0.1, 0.15) is 10.5 Å². The molecule has 0 fully saturated rings. The lowest BCUT2D eigenvalue weighted by molar-refractivity contribution is 0.0692. The van der Waals surface area contributed by atoms with Crippen molar-refractivity contribution in [3.8, 4) is 16.2 Å². The maximum Gasteiger partial charge on any atom is 0.356 e. The number of anilines is 1. The van der Waals surface area contributed by atoms with Gasteiger partial charge in [0.1, 0.15) is 5.75 Å². The van der Waals surface area contributed by atoms with Crippen LogP contribution >= 0.6 is 11.3 Å². The summed E-state index contributed by atoms with van der Waals surface area (Å²) in [6.45, 7) is 0. The number of nitrogens with two attached hydrogens (primary N) is 1. The molecule has 6 heteroatoms. The molecule has 3 rings (SSSR count). The van der Waals surface area contributed by atoms with Gasteiger partial charge in [0.05, 0.1) is 12.0 Å². The van der Waals surface area contributed by atoms with E-state index in [0.717, 1.165) is 22.1 Å². The monoisotopic (exact) mass is 300 g/mol. The normalized spacial score (nSPS) is 10.7. The number of thiazole rings is 1. The number of carboxylic acid groups (broad SMARTS) is 1. The maximum atomic E-state index is 11.4. The average Bonchev–Trinajstić information content (AvgIpc) is 2.87. The average molecular weight is 300 g/mol. The minimum absolute atomic E-state index is 0.0489. The van der Waals surface area contributed by atoms with E-state index in [1.165, 1.54) is 0 Å². The highest BCUT2D eigenvalue weighted by molar-refractivity contribution is 7.19. The van der Waals surface area contributed by atoms with Crippen LogP contribution in [0.5, 0.6) is 5.75 Å². The SMILES string of the molecule is COc1ccc2ccccc2c1-c1sc(N)nc1C(=O)O. The molecule has 0 atom stereocenters. The molecule has 0 aliphatic rings. The standard InChI is InChI=1S/C15H12N2O3S/c1-20-10-7-6-8-4-2-3-5-9(8)11(10)13-12(14(18)19)17-15(16)21-13/h2-7H,1H3,(H2,16,17)(H,18,19). The van der Waals surface area contributed by atoms with Crippen LogP contribution in [0.3, 0.4) is 0 Å². The molecule has 5 nitrogen and oxygen atoms in total. The highest BCUT2D eigenvalue weighted by atomic mass is 32.1. The summed E-state index contributed by atoms with van der Waals surface area (Å²) in [5.74, 6) is -0.507. The predicted octanol–water partition coefficient (Wildman–Crippen LogP) is 3.25. The van der Waals surface area contributed by atoms with Gasteiger partial charge in [0.25, 0.3) is 0 Å². The number of carbonyl (C=O) groups is 1. The quantitative estimate of drug-likeness (QED) is 0.775. The number of rotatable bonds is 3. The number of methoxy groups -OCH3 is 1. The lowest BCUT2D eigenvalue weighted by Gasteiger charge is -2.11. The van der Waals surface area contributed by atoms with Crippen molar-refractivity contribution in [2.45, 2.75) is 0 Å². The summed E-state index contributed by atoms with van der Waals surface area (Å²) >= 11 is 1.15. The second-order valence-corrected chi connectivity index (χ2v) is 5.43. The van der Waals surface area contributed by atoms with Crippen molar-refractivity contribution in [2.24, 2.45) is 0 Å². The molecule has 0 aliphatic carbocycles. The predicted molar refractivity (Wildman–Crippen MR) is 83.0 cm³/mol. The zero-order valence-electron chi connectivity index (χ0n) is 11.2. The van der Waals surface area contributed by atoms with Crippen LogP contribution in [0.2, 0.25) is 0 Å². The first-order valence-electron chi connectivity index (χ1n) is 6.17. The van der Waals surface area contributed by atoms with Gasteiger partial charge in [-0.25, -0.2) is 9.78 Å². The van der Waals surface area contributed by atoms with Crippen molar-refractivity contribution in [3.63, 3.8) is 0 Å². The van der Waals surface area contributed by atoms with Crippen LogP contribution in [-0.2, 0) is 0 Å². The van der Waals surface area contributed by atoms with Crippen molar-refractivity contribution in [3.05, 3.63) is 42.1 Å². The Morgan fingerprint density at radius 3 is 2.76 bits per heavy atom. The Balaban J connectivity index is 2.41. The summed E-state index contributed by atoms with van der Waals surface area (Å²) in [5, 5.41) is 11.4. The fourth-order valence-corrected chi connectivity index (χ4v) is 3.20. The topological polar surface area (TPSA) is 85.4 Å². The van der Waals surface area contributed by atoms with Crippen molar-refractivity contribution in [2.75, 3.05) is 12.8 Å². The molecule has 3 N–H and O–H groups in total. The molecule has 0 saturated carbocycles. The number of fused-ring (bicyclic) bond motifs is 1. The largest absolute Gasteiger partial charge is 0.496 e. The lowest BCUT2D eigenvalue weighted by atomic mass is 10.0. The summed E-state index contributed by atoms with van der Waals surface area (Å²) in [7, 11) is 1.55. The van der Waals surface area contributed by atoms with E-state index in [4.69, 9.17) is 10.5 Å². The molecule has 1 aromatic heterocycles. The Hall–Kier alpha value is -2.60. The first-order chi connectivity index (χ1) is 10.1. The number of aromatic nitrogens is 1. The molecular formula is C15H12N2O3S. The summed E-state index contributed by atoms with van der Waals surface area (Å²) in [6, 6.07) is 11.5. The Labute approximate surface area is 124 Å². The molecule has 0 radical (unpaired) electrons. The van der Waals surface area contributed by atoms with E-state index in [9.17, 15) is 9.90 Å². The van der Waals surface area contributed by atoms with Crippen molar-refractivity contribution < 1.29 is 14.6 Å². The van der Waals surface area contributed by atoms with Gasteiger partial charge in [0, 0.05) is 5.56 Å². The zero-order valence-corrected chi connectivity index (χ0v) is 12.0. The number of ether oxygens (including phenoxy) is 1. The second kappa shape index (κ2) is 5.06. The third-order valence-corrected chi connectivity index (χ3v) is 4.09. The Kier molecular flexibility index (Phi) is 3.23. The first-order valence-corrected chi connectivity index (χ1v) is 6.99. The van der Waals surface area contributed by atoms with Crippen molar-refractivity contribution in [1.82, 2.24) is 4.98 Å². The fourth-order valence-electron chi connectivity index (χ4n) is 2.31. The maximum absolute atomic E-state index is 11.4. The minimum Gasteiger partial charge on any atom is -0.496 e. The minimum atomic E-state index is -1.10. The van der Waals surface area contributed by atoms with Gasteiger partial charge in [-0.15, -0.1) is 0 Å². The number of aromatic carboxylic acids is 1. The van der Waals surface area contributed by atoms with Gasteiger partial charge in [-0.1, -0.05) is 41.7 Å². The van der Waals surface area contributed by atoms with Gasteiger partial charge in [-0.2, -0.15) is 0 Å². The Morgan fingerprint density at radius 1 is 1.29 bits per heavy atom. The van der Waals surface area contributed by atoms with Crippen LogP contribution in [0, 0.1) is 0 Å². The van der Waals surface area contributed by atoms with Crippen LogP contribution in [0.15, 0.2) is 36.4 Å². The van der Waals surface area contributed by atoms with Crippen LogP contribution in [0.25, 0.3) is 21.2 Å². The van der Waals surface area contributed by atoms with Gasteiger partial charge < -0.3 is 15.6 Å². The number of carboxylic acids is 1. The highest BCUT2D eigenvalue weighted by Gasteiger charge is 2.22. The van der Waals surface area contributed by atoms with Gasteiger partial charge in [0.2, 0.25) is 0 Å². The summed E-state index contributed by atoms with van der Waals surface area (Å²) in [5.41, 5.74) is 6.35. The van der Waals surface area contributed by atoms with Gasteiger partial charge >= 0.3 is 5.97 Å². The van der Waals surface area contributed by atoms with E-state index in [1.807, 2.05) is 36.4 Å². The number of hydrogen-bond acceptors (Lipinski definition) is 5. The summed E-state index contributed by atoms with van der Waals surface area (Å²) < 4.78 is 5.40. The van der Waals surface area contributed by atoms with Gasteiger partial charge in [-0.05, 0) is 16.8 Å². The molecule has 0 aliphatic heterocycles. The molecule has 3 aromatic rings. The van der Waals surface area contributed by atoms with E-state index in [0.29, 0.717) is 16.2 Å². The molecule has 2 aromatic carbocycles. The molecule has 0 unspecified atom stereocenters. The van der Waals surface area contributed by atoms with E-state index >= 15 is 0 Å². The first kappa shape index (κ1) is 13.4. The van der Waals surface area contributed by atoms with Crippen LogP contribution < -0.4 is 10.5 Å². The lowest BCUT2D eigenvalue weighted by Crippen LogP contribution is -2.00. The third-order valence-electron chi connectivity index (χ3n) is 3.18. The van der Waals surface area contributed by atoms with Gasteiger partial charge in [0.15, 0.2) is 10.8 Å². The van der Waals surface area contributed by atoms with Crippen molar-refractivity contribution >= 4 is 33.2 Å². The molecule has 1 heterocycles. The van der Waals surface area contributed by atoms with Crippen LogP contribution in [0.4, 0.5) is 5.13 Å². The highest BCUT2D eigenvalue weighted by Crippen LogP contribution is 2.42. The van der Waals surface area contributed by atoms with E-state index in [-0.39, 0.29) is 10.8 Å². The smallest absolute Gasteiger partial charge is 0.356 e. The molecule has 21 heavy (non-hydrogen) atoms. The summed E-state index contributed by atoms with van der Waals surface area (Å²) in [4.78, 5) is 15.8. The van der Waals surface area contributed by atoms with Crippen LogP contribution in [-0.4, -0.2) is 23.2 Å². The van der Waals surface area contributed by atoms with E-state index < -0.39 is 5.97 Å². The molecule has 0 bridgehead atoms. The third kappa shape index (κ3) is 2.19. The van der Waals surface area contributed by atoms with E-state index in [1.54, 1.807) is 7.11 Å². The molecule has 0 saturated heterocycles.